The highest BCUT2D eigenvalue weighted by Crippen LogP contribution is 2.29. The number of hydrogen-bond acceptors (Lipinski definition) is 4. The highest BCUT2D eigenvalue weighted by Gasteiger charge is 2.35. The molecule has 1 aromatic rings. The van der Waals surface area contributed by atoms with Gasteiger partial charge in [-0.2, -0.15) is 0 Å². The van der Waals surface area contributed by atoms with Crippen molar-refractivity contribution >= 4 is 23.3 Å². The van der Waals surface area contributed by atoms with E-state index in [-0.39, 0.29) is 12.4 Å². The van der Waals surface area contributed by atoms with Crippen molar-refractivity contribution in [3.8, 4) is 0 Å². The van der Waals surface area contributed by atoms with Crippen molar-refractivity contribution < 1.29 is 19.1 Å². The summed E-state index contributed by atoms with van der Waals surface area (Å²) < 4.78 is 4.54. The number of esters is 1. The number of nitrogens with zero attached hydrogens (tertiary/aromatic N) is 1. The van der Waals surface area contributed by atoms with Gasteiger partial charge in [-0.15, -0.1) is 0 Å². The minimum absolute atomic E-state index is 0.232. The molecule has 1 aromatic carbocycles. The van der Waals surface area contributed by atoms with Crippen molar-refractivity contribution in [2.75, 3.05) is 18.6 Å². The Morgan fingerprint density at radius 2 is 2.05 bits per heavy atom. The number of aryl methyl sites for hydroxylation is 1. The summed E-state index contributed by atoms with van der Waals surface area (Å²) >= 11 is 0. The third-order valence-electron chi connectivity index (χ3n) is 3.12. The molecule has 0 aromatic heterocycles. The average Bonchev–Trinajstić information content (AvgIpc) is 2.63. The predicted octanol–water partition coefficient (Wildman–Crippen LogP) is 1.48. The van der Waals surface area contributed by atoms with Crippen LogP contribution in [0.3, 0.4) is 0 Å². The molecule has 0 aliphatic carbocycles. The van der Waals surface area contributed by atoms with Crippen LogP contribution in [-0.2, 0) is 14.3 Å². The quantitative estimate of drug-likeness (QED) is 0.608. The molecule has 2 rings (SSSR count). The second-order valence-corrected chi connectivity index (χ2v) is 4.49. The van der Waals surface area contributed by atoms with E-state index in [0.717, 1.165) is 5.56 Å². The molecule has 1 amide bonds. The van der Waals surface area contributed by atoms with Gasteiger partial charge in [0.2, 0.25) is 0 Å². The van der Waals surface area contributed by atoms with Gasteiger partial charge in [-0.25, -0.2) is 0 Å². The number of methoxy groups -OCH3 is 1. The molecule has 100 valence electrons. The Morgan fingerprint density at radius 3 is 2.74 bits per heavy atom. The second-order valence-electron chi connectivity index (χ2n) is 4.49. The van der Waals surface area contributed by atoms with Gasteiger partial charge in [0.1, 0.15) is 0 Å². The lowest BCUT2D eigenvalue weighted by Gasteiger charge is -2.15. The van der Waals surface area contributed by atoms with Crippen molar-refractivity contribution in [1.82, 2.24) is 0 Å². The van der Waals surface area contributed by atoms with Crippen LogP contribution in [0.5, 0.6) is 0 Å². The van der Waals surface area contributed by atoms with Crippen molar-refractivity contribution in [3.05, 3.63) is 29.3 Å². The van der Waals surface area contributed by atoms with Crippen LogP contribution in [0, 0.1) is 6.92 Å². The van der Waals surface area contributed by atoms with E-state index in [1.165, 1.54) is 12.0 Å². The van der Waals surface area contributed by atoms with Crippen molar-refractivity contribution in [2.24, 2.45) is 0 Å². The first-order valence-electron chi connectivity index (χ1n) is 6.08. The molecular formula is C14H15NO4. The monoisotopic (exact) mass is 261 g/mol. The summed E-state index contributed by atoms with van der Waals surface area (Å²) in [5.74, 6) is -1.32. The smallest absolute Gasteiger partial charge is 0.305 e. The van der Waals surface area contributed by atoms with Crippen LogP contribution in [0.15, 0.2) is 18.2 Å². The highest BCUT2D eigenvalue weighted by atomic mass is 16.5. The minimum Gasteiger partial charge on any atom is -0.469 e. The summed E-state index contributed by atoms with van der Waals surface area (Å²) in [4.78, 5) is 36.2. The Kier molecular flexibility index (Phi) is 3.64. The number of benzene rings is 1. The summed E-state index contributed by atoms with van der Waals surface area (Å²) in [6, 6.07) is 5.35. The first kappa shape index (κ1) is 13.3. The Bertz CT molecular complexity index is 550. The molecule has 0 atom stereocenters. The SMILES string of the molecule is COC(=O)CCCN1C(=O)C(=O)c2cc(C)ccc21. The van der Waals surface area contributed by atoms with E-state index >= 15 is 0 Å². The maximum atomic E-state index is 11.9. The zero-order valence-corrected chi connectivity index (χ0v) is 10.9. The summed E-state index contributed by atoms with van der Waals surface area (Å²) in [5.41, 5.74) is 2.02. The Balaban J connectivity index is 2.13. The first-order chi connectivity index (χ1) is 9.04. The maximum Gasteiger partial charge on any atom is 0.305 e. The molecule has 0 spiro atoms. The number of Topliss-reactive ketones (excluding diaryl/α,β-unsaturated/α-hetero) is 1. The van der Waals surface area contributed by atoms with Gasteiger partial charge in [0.05, 0.1) is 18.4 Å². The number of carbonyl (C=O) groups excluding carboxylic acids is 3. The first-order valence-corrected chi connectivity index (χ1v) is 6.08. The highest BCUT2D eigenvalue weighted by molar-refractivity contribution is 6.52. The molecule has 0 saturated carbocycles. The summed E-state index contributed by atoms with van der Waals surface area (Å²) in [5, 5.41) is 0. The zero-order valence-electron chi connectivity index (χ0n) is 10.9. The van der Waals surface area contributed by atoms with Gasteiger partial charge in [0.15, 0.2) is 0 Å². The molecule has 5 heteroatoms. The van der Waals surface area contributed by atoms with E-state index in [2.05, 4.69) is 4.74 Å². The maximum absolute atomic E-state index is 11.9. The number of rotatable bonds is 4. The van der Waals surface area contributed by atoms with Crippen LogP contribution in [0.1, 0.15) is 28.8 Å². The predicted molar refractivity (Wildman–Crippen MR) is 69.1 cm³/mol. The van der Waals surface area contributed by atoms with Crippen LogP contribution in [0.2, 0.25) is 0 Å². The average molecular weight is 261 g/mol. The molecule has 0 fully saturated rings. The topological polar surface area (TPSA) is 63.7 Å². The molecule has 0 saturated heterocycles. The lowest BCUT2D eigenvalue weighted by Crippen LogP contribution is -2.31. The molecule has 0 unspecified atom stereocenters. The van der Waals surface area contributed by atoms with Gasteiger partial charge in [-0.3, -0.25) is 14.4 Å². The summed E-state index contributed by atoms with van der Waals surface area (Å²) in [7, 11) is 1.32. The lowest BCUT2D eigenvalue weighted by atomic mass is 10.1. The molecule has 0 bridgehead atoms. The van der Waals surface area contributed by atoms with Gasteiger partial charge in [0, 0.05) is 13.0 Å². The normalized spacial score (nSPS) is 13.7. The molecule has 1 aliphatic rings. The van der Waals surface area contributed by atoms with E-state index in [4.69, 9.17) is 0 Å². The Morgan fingerprint density at radius 1 is 1.32 bits per heavy atom. The Hall–Kier alpha value is -2.17. The third kappa shape index (κ3) is 2.50. The van der Waals surface area contributed by atoms with Crippen LogP contribution < -0.4 is 4.90 Å². The van der Waals surface area contributed by atoms with Gasteiger partial charge in [0.25, 0.3) is 11.7 Å². The summed E-state index contributed by atoms with van der Waals surface area (Å²) in [6.07, 6.45) is 0.703. The minimum atomic E-state index is -0.523. The number of anilines is 1. The van der Waals surface area contributed by atoms with E-state index in [1.54, 1.807) is 12.1 Å². The molecular weight excluding hydrogens is 246 g/mol. The molecule has 0 N–H and O–H groups in total. The number of ether oxygens (including phenoxy) is 1. The second kappa shape index (κ2) is 5.22. The van der Waals surface area contributed by atoms with Crippen LogP contribution >= 0.6 is 0 Å². The molecule has 1 aliphatic heterocycles. The largest absolute Gasteiger partial charge is 0.469 e. The molecule has 19 heavy (non-hydrogen) atoms. The van der Waals surface area contributed by atoms with E-state index in [1.807, 2.05) is 13.0 Å². The number of fused-ring (bicyclic) bond motifs is 1. The standard InChI is InChI=1S/C14H15NO4/c1-9-5-6-11-10(8-9)13(17)14(18)15(11)7-3-4-12(16)19-2/h5-6,8H,3-4,7H2,1-2H3. The fourth-order valence-electron chi connectivity index (χ4n) is 2.12. The molecule has 0 radical (unpaired) electrons. The van der Waals surface area contributed by atoms with Crippen molar-refractivity contribution in [3.63, 3.8) is 0 Å². The summed E-state index contributed by atoms with van der Waals surface area (Å²) in [6.45, 7) is 2.22. The van der Waals surface area contributed by atoms with Gasteiger partial charge >= 0.3 is 5.97 Å². The van der Waals surface area contributed by atoms with E-state index in [9.17, 15) is 14.4 Å². The van der Waals surface area contributed by atoms with Crippen molar-refractivity contribution in [2.45, 2.75) is 19.8 Å². The van der Waals surface area contributed by atoms with Crippen LogP contribution in [-0.4, -0.2) is 31.3 Å². The van der Waals surface area contributed by atoms with Gasteiger partial charge in [-0.05, 0) is 25.5 Å². The van der Waals surface area contributed by atoms with Gasteiger partial charge in [-0.1, -0.05) is 11.6 Å². The number of carbonyl (C=O) groups is 3. The van der Waals surface area contributed by atoms with Crippen LogP contribution in [0.25, 0.3) is 0 Å². The van der Waals surface area contributed by atoms with E-state index < -0.39 is 11.7 Å². The zero-order chi connectivity index (χ0) is 14.0. The molecule has 5 nitrogen and oxygen atoms in total. The van der Waals surface area contributed by atoms with Crippen LogP contribution in [0.4, 0.5) is 5.69 Å². The number of ketones is 1. The van der Waals surface area contributed by atoms with Crippen molar-refractivity contribution in [1.29, 1.82) is 0 Å². The fourth-order valence-corrected chi connectivity index (χ4v) is 2.12. The van der Waals surface area contributed by atoms with E-state index in [0.29, 0.717) is 24.2 Å². The fraction of sp³-hybridized carbons (Fsp3) is 0.357. The lowest BCUT2D eigenvalue weighted by molar-refractivity contribution is -0.140. The molecule has 1 heterocycles. The Labute approximate surface area is 111 Å². The number of amides is 1. The van der Waals surface area contributed by atoms with Gasteiger partial charge < -0.3 is 9.64 Å². The third-order valence-corrected chi connectivity index (χ3v) is 3.12. The number of hydrogen-bond donors (Lipinski definition) is 0.